The predicted octanol–water partition coefficient (Wildman–Crippen LogP) is 2.34. The summed E-state index contributed by atoms with van der Waals surface area (Å²) in [6, 6.07) is 13.1. The molecule has 22 heavy (non-hydrogen) atoms. The molecule has 5 nitrogen and oxygen atoms in total. The molecule has 0 aliphatic rings. The predicted molar refractivity (Wildman–Crippen MR) is 83.1 cm³/mol. The third-order valence-electron chi connectivity index (χ3n) is 3.55. The van der Waals surface area contributed by atoms with E-state index >= 15 is 0 Å². The second-order valence-corrected chi connectivity index (χ2v) is 4.98. The number of carboxylic acid groups (broad SMARTS) is 1. The zero-order valence-corrected chi connectivity index (χ0v) is 11.8. The van der Waals surface area contributed by atoms with Gasteiger partial charge in [-0.3, -0.25) is 4.79 Å². The highest BCUT2D eigenvalue weighted by Gasteiger charge is 2.14. The summed E-state index contributed by atoms with van der Waals surface area (Å²) in [6.07, 6.45) is 3.71. The lowest BCUT2D eigenvalue weighted by Crippen LogP contribution is -2.20. The number of aromatic nitrogens is 2. The van der Waals surface area contributed by atoms with Crippen LogP contribution in [0.4, 0.5) is 0 Å². The molecule has 110 valence electrons. The maximum atomic E-state index is 12.2. The molecule has 1 N–H and O–H groups in total. The molecule has 0 saturated carbocycles. The van der Waals surface area contributed by atoms with E-state index in [1.165, 1.54) is 6.20 Å². The van der Waals surface area contributed by atoms with Crippen molar-refractivity contribution in [2.45, 2.75) is 13.0 Å². The summed E-state index contributed by atoms with van der Waals surface area (Å²) in [4.78, 5) is 27.6. The van der Waals surface area contributed by atoms with Gasteiger partial charge in [-0.1, -0.05) is 30.3 Å². The molecular formula is C17H14N2O3. The van der Waals surface area contributed by atoms with E-state index in [9.17, 15) is 14.7 Å². The van der Waals surface area contributed by atoms with Gasteiger partial charge < -0.3 is 9.67 Å². The Hall–Kier alpha value is -2.95. The Labute approximate surface area is 126 Å². The number of fused-ring (bicyclic) bond motifs is 1. The zero-order valence-electron chi connectivity index (χ0n) is 11.8. The maximum absolute atomic E-state index is 12.2. The van der Waals surface area contributed by atoms with Gasteiger partial charge in [0.1, 0.15) is 11.2 Å². The number of aromatic carboxylic acids is 1. The summed E-state index contributed by atoms with van der Waals surface area (Å²) in [5.74, 6) is -1.22. The van der Waals surface area contributed by atoms with E-state index in [1.54, 1.807) is 22.9 Å². The average molecular weight is 294 g/mol. The van der Waals surface area contributed by atoms with Crippen molar-refractivity contribution in [1.82, 2.24) is 9.55 Å². The second kappa shape index (κ2) is 5.81. The molecule has 0 saturated heterocycles. The first-order valence-electron chi connectivity index (χ1n) is 6.92. The van der Waals surface area contributed by atoms with Crippen LogP contribution in [0, 0.1) is 0 Å². The van der Waals surface area contributed by atoms with E-state index < -0.39 is 11.4 Å². The van der Waals surface area contributed by atoms with Crippen molar-refractivity contribution in [3.8, 4) is 0 Å². The minimum atomic E-state index is -1.22. The Morgan fingerprint density at radius 2 is 1.91 bits per heavy atom. The van der Waals surface area contributed by atoms with Gasteiger partial charge in [-0.25, -0.2) is 9.78 Å². The van der Waals surface area contributed by atoms with E-state index in [4.69, 9.17) is 0 Å². The van der Waals surface area contributed by atoms with Gasteiger partial charge in [-0.15, -0.1) is 0 Å². The molecule has 0 atom stereocenters. The minimum absolute atomic E-state index is 0.228. The number of rotatable bonds is 4. The molecular weight excluding hydrogens is 280 g/mol. The van der Waals surface area contributed by atoms with Gasteiger partial charge in [0.2, 0.25) is 5.43 Å². The Morgan fingerprint density at radius 3 is 2.64 bits per heavy atom. The van der Waals surface area contributed by atoms with Crippen molar-refractivity contribution in [3.63, 3.8) is 0 Å². The third kappa shape index (κ3) is 2.61. The molecule has 0 aliphatic carbocycles. The first kappa shape index (κ1) is 14.0. The van der Waals surface area contributed by atoms with E-state index in [0.717, 1.165) is 12.0 Å². The van der Waals surface area contributed by atoms with Crippen LogP contribution in [0.5, 0.6) is 0 Å². The van der Waals surface area contributed by atoms with Crippen molar-refractivity contribution in [2.75, 3.05) is 0 Å². The number of aryl methyl sites for hydroxylation is 2. The van der Waals surface area contributed by atoms with Gasteiger partial charge in [0.05, 0.1) is 5.39 Å². The van der Waals surface area contributed by atoms with Gasteiger partial charge in [-0.2, -0.15) is 0 Å². The normalized spacial score (nSPS) is 10.7. The summed E-state index contributed by atoms with van der Waals surface area (Å²) in [5.41, 5.74) is 0.927. The van der Waals surface area contributed by atoms with Crippen LogP contribution >= 0.6 is 0 Å². The number of hydrogen-bond donors (Lipinski definition) is 1. The number of nitrogens with zero attached hydrogens (tertiary/aromatic N) is 2. The lowest BCUT2D eigenvalue weighted by Gasteiger charge is -2.11. The van der Waals surface area contributed by atoms with Crippen LogP contribution in [0.3, 0.4) is 0 Å². The molecule has 0 amide bonds. The molecule has 3 aromatic rings. The first-order valence-corrected chi connectivity index (χ1v) is 6.92. The third-order valence-corrected chi connectivity index (χ3v) is 3.55. The lowest BCUT2D eigenvalue weighted by molar-refractivity contribution is 0.0695. The van der Waals surface area contributed by atoms with Gasteiger partial charge in [0, 0.05) is 18.9 Å². The molecule has 0 radical (unpaired) electrons. The van der Waals surface area contributed by atoms with Gasteiger partial charge in [-0.05, 0) is 24.1 Å². The fourth-order valence-corrected chi connectivity index (χ4v) is 2.44. The second-order valence-electron chi connectivity index (χ2n) is 4.98. The average Bonchev–Trinajstić information content (AvgIpc) is 2.55. The van der Waals surface area contributed by atoms with Crippen molar-refractivity contribution >= 4 is 17.0 Å². The van der Waals surface area contributed by atoms with Crippen LogP contribution in [0.2, 0.25) is 0 Å². The summed E-state index contributed by atoms with van der Waals surface area (Å²) in [7, 11) is 0. The van der Waals surface area contributed by atoms with Crippen LogP contribution in [0.1, 0.15) is 15.9 Å². The Kier molecular flexibility index (Phi) is 3.70. The molecule has 0 bridgehead atoms. The fraction of sp³-hybridized carbons (Fsp3) is 0.118. The highest BCUT2D eigenvalue weighted by atomic mass is 16.4. The number of hydrogen-bond acceptors (Lipinski definition) is 3. The molecule has 3 rings (SSSR count). The minimum Gasteiger partial charge on any atom is -0.477 e. The van der Waals surface area contributed by atoms with E-state index in [2.05, 4.69) is 4.98 Å². The van der Waals surface area contributed by atoms with Crippen molar-refractivity contribution in [2.24, 2.45) is 0 Å². The van der Waals surface area contributed by atoms with E-state index in [1.807, 2.05) is 30.3 Å². The maximum Gasteiger partial charge on any atom is 0.341 e. The number of carboxylic acids is 1. The van der Waals surface area contributed by atoms with E-state index in [0.29, 0.717) is 17.6 Å². The number of benzene rings is 1. The SMILES string of the molecule is O=C(O)c1cn(CCc2ccccc2)c2ncccc2c1=O. The van der Waals surface area contributed by atoms with Crippen LogP contribution in [0.25, 0.3) is 11.0 Å². The molecule has 0 spiro atoms. The highest BCUT2D eigenvalue weighted by molar-refractivity contribution is 5.91. The fourth-order valence-electron chi connectivity index (χ4n) is 2.44. The zero-order chi connectivity index (χ0) is 15.5. The van der Waals surface area contributed by atoms with Crippen molar-refractivity contribution in [1.29, 1.82) is 0 Å². The van der Waals surface area contributed by atoms with Crippen LogP contribution in [-0.2, 0) is 13.0 Å². The topological polar surface area (TPSA) is 72.2 Å². The van der Waals surface area contributed by atoms with Gasteiger partial charge >= 0.3 is 5.97 Å². The summed E-state index contributed by atoms with van der Waals surface area (Å²) < 4.78 is 1.73. The summed E-state index contributed by atoms with van der Waals surface area (Å²) in [5, 5.41) is 9.53. The number of carbonyl (C=O) groups is 1. The van der Waals surface area contributed by atoms with Gasteiger partial charge in [0.25, 0.3) is 0 Å². The summed E-state index contributed by atoms with van der Waals surface area (Å²) >= 11 is 0. The smallest absolute Gasteiger partial charge is 0.341 e. The molecule has 2 heterocycles. The quantitative estimate of drug-likeness (QED) is 0.801. The largest absolute Gasteiger partial charge is 0.477 e. The van der Waals surface area contributed by atoms with Gasteiger partial charge in [0.15, 0.2) is 0 Å². The Bertz CT molecular complexity index is 885. The van der Waals surface area contributed by atoms with E-state index in [-0.39, 0.29) is 5.56 Å². The van der Waals surface area contributed by atoms with Crippen molar-refractivity contribution in [3.05, 3.63) is 76.2 Å². The first-order chi connectivity index (χ1) is 10.7. The Morgan fingerprint density at radius 1 is 1.14 bits per heavy atom. The standard InChI is InChI=1S/C17H14N2O3/c20-15-13-7-4-9-18-16(13)19(11-14(15)17(21)22)10-8-12-5-2-1-3-6-12/h1-7,9,11H,8,10H2,(H,21,22). The molecule has 0 unspecified atom stereocenters. The molecule has 1 aromatic carbocycles. The summed E-state index contributed by atoms with van der Waals surface area (Å²) in [6.45, 7) is 0.554. The van der Waals surface area contributed by atoms with Crippen molar-refractivity contribution < 1.29 is 9.90 Å². The van der Waals surface area contributed by atoms with Crippen LogP contribution in [-0.4, -0.2) is 20.6 Å². The Balaban J connectivity index is 2.06. The molecule has 2 aromatic heterocycles. The van der Waals surface area contributed by atoms with Crippen LogP contribution in [0.15, 0.2) is 59.7 Å². The molecule has 0 fully saturated rings. The number of pyridine rings is 2. The molecule has 0 aliphatic heterocycles. The monoisotopic (exact) mass is 294 g/mol. The van der Waals surface area contributed by atoms with Crippen LogP contribution < -0.4 is 5.43 Å². The lowest BCUT2D eigenvalue weighted by atomic mass is 10.1. The molecule has 5 heteroatoms. The highest BCUT2D eigenvalue weighted by Crippen LogP contribution is 2.11.